The minimum Gasteiger partial charge on any atom is -0.496 e. The summed E-state index contributed by atoms with van der Waals surface area (Å²) in [6, 6.07) is 15.4. The number of rotatable bonds is 7. The van der Waals surface area contributed by atoms with Crippen LogP contribution in [0.3, 0.4) is 0 Å². The van der Waals surface area contributed by atoms with Crippen molar-refractivity contribution in [2.24, 2.45) is 0 Å². The molecule has 8 heteroatoms. The summed E-state index contributed by atoms with van der Waals surface area (Å²) < 4.78 is 32.9. The summed E-state index contributed by atoms with van der Waals surface area (Å²) in [5.41, 5.74) is 5.25. The molecular formula is C30H24N2O6. The molecule has 2 aromatic heterocycles. The van der Waals surface area contributed by atoms with Gasteiger partial charge in [-0.05, 0) is 47.5 Å². The highest BCUT2D eigenvalue weighted by atomic mass is 16.7. The van der Waals surface area contributed by atoms with Crippen molar-refractivity contribution in [1.29, 1.82) is 0 Å². The molecule has 4 aromatic rings. The molecule has 0 saturated heterocycles. The molecule has 6 rings (SSSR count). The maximum Gasteiger partial charge on any atom is 0.231 e. The number of ether oxygens (including phenoxy) is 6. The zero-order chi connectivity index (χ0) is 25.9. The second-order valence-electron chi connectivity index (χ2n) is 8.51. The van der Waals surface area contributed by atoms with Gasteiger partial charge < -0.3 is 28.4 Å². The SMILES string of the molecule is COc1cc2c(cc1/C=C/c1ccnc(-c3cc(/C=C/c4cc5c(cc4OC)OCO5)ccn3)c1)OCO2. The molecule has 0 spiro atoms. The minimum absolute atomic E-state index is 0.213. The van der Waals surface area contributed by atoms with Crippen LogP contribution in [0.5, 0.6) is 34.5 Å². The average Bonchev–Trinajstić information content (AvgIpc) is 3.62. The van der Waals surface area contributed by atoms with Crippen LogP contribution < -0.4 is 28.4 Å². The summed E-state index contributed by atoms with van der Waals surface area (Å²) in [4.78, 5) is 9.08. The number of nitrogens with zero attached hydrogens (tertiary/aromatic N) is 2. The van der Waals surface area contributed by atoms with E-state index in [1.165, 1.54) is 0 Å². The van der Waals surface area contributed by atoms with E-state index in [2.05, 4.69) is 9.97 Å². The largest absolute Gasteiger partial charge is 0.496 e. The number of aromatic nitrogens is 2. The molecule has 2 aliphatic rings. The molecule has 0 amide bonds. The maximum atomic E-state index is 5.52. The molecule has 4 heterocycles. The quantitative estimate of drug-likeness (QED) is 0.303. The molecule has 0 N–H and O–H groups in total. The second kappa shape index (κ2) is 10.2. The van der Waals surface area contributed by atoms with Crippen LogP contribution in [0.2, 0.25) is 0 Å². The Hall–Kier alpha value is -4.98. The van der Waals surface area contributed by atoms with Gasteiger partial charge in [0, 0.05) is 35.7 Å². The maximum absolute atomic E-state index is 5.52. The fourth-order valence-corrected chi connectivity index (χ4v) is 4.25. The predicted molar refractivity (Wildman–Crippen MR) is 144 cm³/mol. The van der Waals surface area contributed by atoms with Crippen molar-refractivity contribution in [1.82, 2.24) is 9.97 Å². The van der Waals surface area contributed by atoms with Crippen LogP contribution >= 0.6 is 0 Å². The third-order valence-electron chi connectivity index (χ3n) is 6.19. The van der Waals surface area contributed by atoms with E-state index in [1.807, 2.05) is 72.8 Å². The summed E-state index contributed by atoms with van der Waals surface area (Å²) >= 11 is 0. The lowest BCUT2D eigenvalue weighted by Gasteiger charge is -2.07. The van der Waals surface area contributed by atoms with Crippen molar-refractivity contribution in [2.45, 2.75) is 0 Å². The van der Waals surface area contributed by atoms with Gasteiger partial charge in [0.2, 0.25) is 13.6 Å². The third-order valence-corrected chi connectivity index (χ3v) is 6.19. The lowest BCUT2D eigenvalue weighted by molar-refractivity contribution is 0.173. The van der Waals surface area contributed by atoms with Gasteiger partial charge in [-0.25, -0.2) is 0 Å². The Morgan fingerprint density at radius 1 is 0.579 bits per heavy atom. The number of hydrogen-bond acceptors (Lipinski definition) is 8. The molecule has 0 unspecified atom stereocenters. The van der Waals surface area contributed by atoms with Crippen LogP contribution in [0.25, 0.3) is 35.7 Å². The first-order valence-electron chi connectivity index (χ1n) is 11.9. The summed E-state index contributed by atoms with van der Waals surface area (Å²) in [5.74, 6) is 4.19. The highest BCUT2D eigenvalue weighted by Crippen LogP contribution is 2.40. The van der Waals surface area contributed by atoms with E-state index in [-0.39, 0.29) is 13.6 Å². The Morgan fingerprint density at radius 2 is 1.00 bits per heavy atom. The summed E-state index contributed by atoms with van der Waals surface area (Å²) in [5, 5.41) is 0. The topological polar surface area (TPSA) is 81.2 Å². The first-order chi connectivity index (χ1) is 18.7. The van der Waals surface area contributed by atoms with Gasteiger partial charge in [0.15, 0.2) is 23.0 Å². The molecule has 0 bridgehead atoms. The zero-order valence-electron chi connectivity index (χ0n) is 20.8. The molecule has 0 fully saturated rings. The molecule has 0 aliphatic carbocycles. The number of hydrogen-bond donors (Lipinski definition) is 0. The minimum atomic E-state index is 0.213. The van der Waals surface area contributed by atoms with Crippen LogP contribution in [0.1, 0.15) is 22.3 Å². The van der Waals surface area contributed by atoms with Crippen molar-refractivity contribution in [3.63, 3.8) is 0 Å². The van der Waals surface area contributed by atoms with Crippen molar-refractivity contribution >= 4 is 24.3 Å². The molecule has 0 atom stereocenters. The zero-order valence-corrected chi connectivity index (χ0v) is 20.8. The summed E-state index contributed by atoms with van der Waals surface area (Å²) in [6.07, 6.45) is 11.5. The summed E-state index contributed by atoms with van der Waals surface area (Å²) in [6.45, 7) is 0.426. The van der Waals surface area contributed by atoms with Gasteiger partial charge in [0.1, 0.15) is 11.5 Å². The Balaban J connectivity index is 1.24. The highest BCUT2D eigenvalue weighted by Gasteiger charge is 2.18. The van der Waals surface area contributed by atoms with Crippen molar-refractivity contribution in [3.05, 3.63) is 83.2 Å². The Kier molecular flexibility index (Phi) is 6.27. The number of pyridine rings is 2. The Bertz CT molecular complexity index is 1450. The van der Waals surface area contributed by atoms with Gasteiger partial charge in [-0.3, -0.25) is 9.97 Å². The van der Waals surface area contributed by atoms with Crippen LogP contribution in [-0.2, 0) is 0 Å². The third kappa shape index (κ3) is 4.71. The van der Waals surface area contributed by atoms with E-state index in [4.69, 9.17) is 28.4 Å². The smallest absolute Gasteiger partial charge is 0.231 e. The van der Waals surface area contributed by atoms with Gasteiger partial charge in [0.05, 0.1) is 25.6 Å². The molecule has 0 radical (unpaired) electrons. The van der Waals surface area contributed by atoms with Gasteiger partial charge >= 0.3 is 0 Å². The molecule has 2 aromatic carbocycles. The van der Waals surface area contributed by atoms with Gasteiger partial charge in [-0.2, -0.15) is 0 Å². The van der Waals surface area contributed by atoms with E-state index in [0.717, 1.165) is 33.6 Å². The lowest BCUT2D eigenvalue weighted by atomic mass is 10.1. The van der Waals surface area contributed by atoms with Gasteiger partial charge in [-0.15, -0.1) is 0 Å². The fourth-order valence-electron chi connectivity index (χ4n) is 4.25. The number of benzene rings is 2. The molecule has 0 saturated carbocycles. The van der Waals surface area contributed by atoms with E-state index in [1.54, 1.807) is 26.6 Å². The first-order valence-corrected chi connectivity index (χ1v) is 11.9. The monoisotopic (exact) mass is 508 g/mol. The fraction of sp³-hybridized carbons (Fsp3) is 0.133. The first kappa shape index (κ1) is 23.4. The van der Waals surface area contributed by atoms with E-state index in [0.29, 0.717) is 34.5 Å². The van der Waals surface area contributed by atoms with Crippen LogP contribution in [-0.4, -0.2) is 37.8 Å². The predicted octanol–water partition coefficient (Wildman–Crippen LogP) is 5.96. The number of methoxy groups -OCH3 is 2. The van der Waals surface area contributed by atoms with Crippen LogP contribution in [0, 0.1) is 0 Å². The van der Waals surface area contributed by atoms with E-state index < -0.39 is 0 Å². The van der Waals surface area contributed by atoms with Crippen LogP contribution in [0.15, 0.2) is 60.9 Å². The second-order valence-corrected chi connectivity index (χ2v) is 8.51. The van der Waals surface area contributed by atoms with Crippen LogP contribution in [0.4, 0.5) is 0 Å². The highest BCUT2D eigenvalue weighted by molar-refractivity contribution is 5.78. The number of fused-ring (bicyclic) bond motifs is 2. The van der Waals surface area contributed by atoms with Crippen molar-refractivity contribution < 1.29 is 28.4 Å². The molecular weight excluding hydrogens is 484 g/mol. The van der Waals surface area contributed by atoms with Gasteiger partial charge in [-0.1, -0.05) is 24.3 Å². The van der Waals surface area contributed by atoms with Crippen molar-refractivity contribution in [3.8, 4) is 45.9 Å². The van der Waals surface area contributed by atoms with E-state index >= 15 is 0 Å². The molecule has 8 nitrogen and oxygen atoms in total. The standard InChI is InChI=1S/C30H24N2O6/c1-33-25-15-29-27(35-17-37-29)13-21(25)5-3-19-7-9-31-23(11-19)24-12-20(8-10-32-24)4-6-22-14-28-30(38-18-36-28)16-26(22)34-2/h3-16H,17-18H2,1-2H3/b5-3+,6-4+. The lowest BCUT2D eigenvalue weighted by Crippen LogP contribution is -1.92. The summed E-state index contributed by atoms with van der Waals surface area (Å²) in [7, 11) is 3.27. The molecule has 38 heavy (non-hydrogen) atoms. The normalized spacial score (nSPS) is 13.4. The average molecular weight is 509 g/mol. The van der Waals surface area contributed by atoms with Crippen molar-refractivity contribution in [2.75, 3.05) is 27.8 Å². The Morgan fingerprint density at radius 3 is 1.42 bits per heavy atom. The molecule has 190 valence electrons. The van der Waals surface area contributed by atoms with E-state index in [9.17, 15) is 0 Å². The van der Waals surface area contributed by atoms with Gasteiger partial charge in [0.25, 0.3) is 0 Å². The Labute approximate surface area is 219 Å². The molecule has 2 aliphatic heterocycles.